The average molecular weight is 469 g/mol. The van der Waals surface area contributed by atoms with Crippen molar-refractivity contribution in [2.45, 2.75) is 35.2 Å². The molecule has 9 nitrogen and oxygen atoms in total. The predicted octanol–water partition coefficient (Wildman–Crippen LogP) is 1.87. The van der Waals surface area contributed by atoms with Crippen LogP contribution in [0.4, 0.5) is 22.1 Å². The molecule has 1 saturated heterocycles. The molecule has 1 fully saturated rings. The molecule has 1 atom stereocenters. The number of piperidine rings is 1. The number of aromatic nitrogens is 4. The number of fused-ring (bicyclic) bond motifs is 1. The Balaban J connectivity index is 1.37. The quantitative estimate of drug-likeness (QED) is 0.491. The van der Waals surface area contributed by atoms with Crippen molar-refractivity contribution in [2.75, 3.05) is 29.5 Å². The second kappa shape index (κ2) is 7.99. The minimum atomic E-state index is -0.254. The smallest absolute Gasteiger partial charge is 0.270 e. The van der Waals surface area contributed by atoms with Gasteiger partial charge in [0, 0.05) is 32.4 Å². The van der Waals surface area contributed by atoms with Crippen LogP contribution in [0.25, 0.3) is 0 Å². The molecule has 0 unspecified atom stereocenters. The third kappa shape index (κ3) is 3.70. The minimum absolute atomic E-state index is 0.111. The summed E-state index contributed by atoms with van der Waals surface area (Å²) in [4.78, 5) is 28.0. The van der Waals surface area contributed by atoms with Gasteiger partial charge in [0.2, 0.25) is 11.9 Å². The van der Waals surface area contributed by atoms with Crippen molar-refractivity contribution >= 4 is 29.5 Å². The molecule has 33 heavy (non-hydrogen) atoms. The monoisotopic (exact) mass is 468 g/mol. The summed E-state index contributed by atoms with van der Waals surface area (Å²) in [6.45, 7) is 1.36. The van der Waals surface area contributed by atoms with Crippen LogP contribution in [0, 0.1) is 11.2 Å². The van der Waals surface area contributed by atoms with E-state index in [1.165, 1.54) is 16.8 Å². The van der Waals surface area contributed by atoms with Gasteiger partial charge in [-0.15, -0.1) is 0 Å². The fourth-order valence-electron chi connectivity index (χ4n) is 4.96. The third-order valence-corrected chi connectivity index (χ3v) is 7.82. The molecule has 2 aromatic heterocycles. The zero-order chi connectivity index (χ0) is 23.3. The van der Waals surface area contributed by atoms with E-state index in [1.54, 1.807) is 19.2 Å². The van der Waals surface area contributed by atoms with Gasteiger partial charge in [-0.2, -0.15) is 4.98 Å². The Kier molecular flexibility index (Phi) is 5.25. The molecule has 3 heterocycles. The van der Waals surface area contributed by atoms with E-state index >= 15 is 0 Å². The molecule has 1 aliphatic heterocycles. The van der Waals surface area contributed by atoms with Gasteiger partial charge in [0.05, 0.1) is 0 Å². The van der Waals surface area contributed by atoms with E-state index in [2.05, 4.69) is 19.9 Å². The van der Waals surface area contributed by atoms with Gasteiger partial charge in [-0.05, 0) is 54.0 Å². The molecule has 5 rings (SSSR count). The largest absolute Gasteiger partial charge is 0.382 e. The Morgan fingerprint density at radius 3 is 2.67 bits per heavy atom. The van der Waals surface area contributed by atoms with Gasteiger partial charge in [0.25, 0.3) is 5.56 Å². The number of rotatable bonds is 3. The van der Waals surface area contributed by atoms with E-state index in [0.29, 0.717) is 29.0 Å². The number of halogens is 1. The number of anilines is 3. The molecule has 0 amide bonds. The molecule has 1 aromatic carbocycles. The van der Waals surface area contributed by atoms with Gasteiger partial charge < -0.3 is 22.1 Å². The van der Waals surface area contributed by atoms with E-state index < -0.39 is 0 Å². The fourth-order valence-corrected chi connectivity index (χ4v) is 5.81. The number of nitrogens with two attached hydrogens (primary N) is 3. The van der Waals surface area contributed by atoms with Crippen LogP contribution in [0.5, 0.6) is 0 Å². The minimum Gasteiger partial charge on any atom is -0.382 e. The maximum atomic E-state index is 13.8. The maximum absolute atomic E-state index is 13.8. The SMILES string of the molecule is Cn1c(N2CCC3(CC2)Cc2ccc(F)cc2[C@H]3N)nc(N)c(Sc2ccnc(N)n2)c1=O. The van der Waals surface area contributed by atoms with Crippen molar-refractivity contribution in [3.63, 3.8) is 0 Å². The number of nitrogen functional groups attached to an aromatic ring is 2. The lowest BCUT2D eigenvalue weighted by atomic mass is 9.73. The topological polar surface area (TPSA) is 142 Å². The first-order chi connectivity index (χ1) is 15.8. The summed E-state index contributed by atoms with van der Waals surface area (Å²) >= 11 is 1.12. The van der Waals surface area contributed by atoms with Crippen LogP contribution in [-0.2, 0) is 13.5 Å². The van der Waals surface area contributed by atoms with E-state index in [4.69, 9.17) is 17.2 Å². The maximum Gasteiger partial charge on any atom is 0.270 e. The standard InChI is InChI=1S/C22H25FN8OS/c1-30-19(32)16(33-15-4-7-27-20(26)28-15)18(25)29-21(30)31-8-5-22(6-9-31)11-12-2-3-13(23)10-14(12)17(22)24/h2-4,7,10,17H,5-6,8-9,11,24-25H2,1H3,(H2,26,27,28)/t17-/m1/s1. The number of hydrogen-bond donors (Lipinski definition) is 3. The Hall–Kier alpha value is -3.18. The van der Waals surface area contributed by atoms with Gasteiger partial charge in [0.15, 0.2) is 0 Å². The highest BCUT2D eigenvalue weighted by Gasteiger charge is 2.46. The van der Waals surface area contributed by atoms with Crippen molar-refractivity contribution in [2.24, 2.45) is 18.2 Å². The molecule has 1 spiro atoms. The summed E-state index contributed by atoms with van der Waals surface area (Å²) in [5, 5.41) is 0.520. The Morgan fingerprint density at radius 1 is 1.18 bits per heavy atom. The Morgan fingerprint density at radius 2 is 1.94 bits per heavy atom. The van der Waals surface area contributed by atoms with Crippen LogP contribution < -0.4 is 27.7 Å². The van der Waals surface area contributed by atoms with Gasteiger partial charge in [0.1, 0.15) is 21.6 Å². The number of benzene rings is 1. The molecule has 0 bridgehead atoms. The van der Waals surface area contributed by atoms with Crippen molar-refractivity contribution in [3.05, 3.63) is 57.8 Å². The predicted molar refractivity (Wildman–Crippen MR) is 125 cm³/mol. The molecular weight excluding hydrogens is 443 g/mol. The molecular formula is C22H25FN8OS. The Labute approximate surface area is 194 Å². The molecule has 0 radical (unpaired) electrons. The highest BCUT2D eigenvalue weighted by Crippen LogP contribution is 2.51. The van der Waals surface area contributed by atoms with Crippen LogP contribution in [-0.4, -0.2) is 32.6 Å². The van der Waals surface area contributed by atoms with E-state index in [9.17, 15) is 9.18 Å². The van der Waals surface area contributed by atoms with Crippen LogP contribution >= 0.6 is 11.8 Å². The first-order valence-corrected chi connectivity index (χ1v) is 11.5. The summed E-state index contributed by atoms with van der Waals surface area (Å²) < 4.78 is 15.3. The molecule has 11 heteroatoms. The van der Waals surface area contributed by atoms with Crippen molar-refractivity contribution in [1.82, 2.24) is 19.5 Å². The zero-order valence-electron chi connectivity index (χ0n) is 18.2. The van der Waals surface area contributed by atoms with Crippen LogP contribution in [0.1, 0.15) is 30.0 Å². The van der Waals surface area contributed by atoms with E-state index in [1.807, 2.05) is 6.07 Å². The van der Waals surface area contributed by atoms with E-state index in [-0.39, 0.29) is 34.6 Å². The zero-order valence-corrected chi connectivity index (χ0v) is 19.0. The number of hydrogen-bond acceptors (Lipinski definition) is 9. The molecule has 2 aliphatic rings. The van der Waals surface area contributed by atoms with Crippen molar-refractivity contribution in [1.29, 1.82) is 0 Å². The van der Waals surface area contributed by atoms with Gasteiger partial charge in [-0.1, -0.05) is 17.8 Å². The van der Waals surface area contributed by atoms with E-state index in [0.717, 1.165) is 42.2 Å². The summed E-state index contributed by atoms with van der Waals surface area (Å²) in [5.74, 6) is 0.540. The second-order valence-corrected chi connectivity index (χ2v) is 9.72. The molecule has 172 valence electrons. The summed E-state index contributed by atoms with van der Waals surface area (Å²) in [6.07, 6.45) is 3.99. The lowest BCUT2D eigenvalue weighted by Crippen LogP contribution is -2.46. The molecule has 0 saturated carbocycles. The first-order valence-electron chi connectivity index (χ1n) is 10.7. The highest BCUT2D eigenvalue weighted by atomic mass is 32.2. The number of nitrogens with zero attached hydrogens (tertiary/aromatic N) is 5. The second-order valence-electron chi connectivity index (χ2n) is 8.69. The van der Waals surface area contributed by atoms with Crippen molar-refractivity contribution in [3.8, 4) is 0 Å². The lowest BCUT2D eigenvalue weighted by molar-refractivity contribution is 0.186. The van der Waals surface area contributed by atoms with Gasteiger partial charge >= 0.3 is 0 Å². The van der Waals surface area contributed by atoms with Crippen LogP contribution in [0.15, 0.2) is 45.2 Å². The van der Waals surface area contributed by atoms with Crippen molar-refractivity contribution < 1.29 is 4.39 Å². The first kappa shape index (κ1) is 21.7. The van der Waals surface area contributed by atoms with Gasteiger partial charge in [-0.25, -0.2) is 14.4 Å². The molecule has 3 aromatic rings. The summed E-state index contributed by atoms with van der Waals surface area (Å²) in [5.41, 5.74) is 20.1. The average Bonchev–Trinajstić information content (AvgIpc) is 3.05. The molecule has 1 aliphatic carbocycles. The van der Waals surface area contributed by atoms with Crippen LogP contribution in [0.3, 0.4) is 0 Å². The van der Waals surface area contributed by atoms with Crippen LogP contribution in [0.2, 0.25) is 0 Å². The fraction of sp³-hybridized carbons (Fsp3) is 0.364. The summed E-state index contributed by atoms with van der Waals surface area (Å²) in [7, 11) is 1.69. The van der Waals surface area contributed by atoms with Gasteiger partial charge in [-0.3, -0.25) is 9.36 Å². The summed E-state index contributed by atoms with van der Waals surface area (Å²) in [6, 6.07) is 6.37. The normalized spacial score (nSPS) is 19.1. The Bertz CT molecular complexity index is 1290. The molecule has 6 N–H and O–H groups in total. The third-order valence-electron chi connectivity index (χ3n) is 6.79. The lowest BCUT2D eigenvalue weighted by Gasteiger charge is -2.42. The highest BCUT2D eigenvalue weighted by molar-refractivity contribution is 7.99.